The van der Waals surface area contributed by atoms with E-state index in [1.165, 1.54) is 0 Å². The number of pyridine rings is 1. The number of carbonyl (C=O) groups is 1. The molecule has 1 saturated heterocycles. The second kappa shape index (κ2) is 9.03. The molecule has 2 aromatic rings. The van der Waals surface area contributed by atoms with Crippen LogP contribution in [-0.2, 0) is 11.2 Å². The lowest BCUT2D eigenvalue weighted by molar-refractivity contribution is 0.0153. The molecule has 25 heavy (non-hydrogen) atoms. The summed E-state index contributed by atoms with van der Waals surface area (Å²) in [4.78, 5) is 23.7. The van der Waals surface area contributed by atoms with Crippen molar-refractivity contribution < 1.29 is 9.53 Å². The van der Waals surface area contributed by atoms with Gasteiger partial charge in [0.15, 0.2) is 0 Å². The first kappa shape index (κ1) is 18.0. The molecule has 0 spiro atoms. The number of rotatable bonds is 7. The summed E-state index contributed by atoms with van der Waals surface area (Å²) in [5, 5.41) is 5.89. The van der Waals surface area contributed by atoms with Crippen molar-refractivity contribution in [2.24, 2.45) is 0 Å². The Labute approximate surface area is 152 Å². The van der Waals surface area contributed by atoms with Crippen LogP contribution in [0.3, 0.4) is 0 Å². The van der Waals surface area contributed by atoms with Crippen LogP contribution in [0.2, 0.25) is 0 Å². The lowest BCUT2D eigenvalue weighted by Crippen LogP contribution is -2.44. The van der Waals surface area contributed by atoms with Crippen molar-refractivity contribution in [2.75, 3.05) is 32.8 Å². The molecule has 1 fully saturated rings. The molecule has 1 amide bonds. The standard InChI is InChI=1S/C18H24N4O2S/c1-2-5-17-21-15(13-25-17)18(23)20-12-16(14-6-3-4-7-19-14)22-8-10-24-11-9-22/h3-4,6-7,13,16H,2,5,8-12H2,1H3,(H,20,23)/t16-/m0/s1. The largest absolute Gasteiger partial charge is 0.379 e. The second-order valence-electron chi connectivity index (χ2n) is 6.01. The van der Waals surface area contributed by atoms with Gasteiger partial charge in [0.05, 0.1) is 30.0 Å². The van der Waals surface area contributed by atoms with Gasteiger partial charge in [-0.1, -0.05) is 13.0 Å². The third-order valence-corrected chi connectivity index (χ3v) is 5.13. The van der Waals surface area contributed by atoms with Crippen molar-refractivity contribution in [1.29, 1.82) is 0 Å². The Morgan fingerprint density at radius 3 is 2.96 bits per heavy atom. The number of nitrogens with one attached hydrogen (secondary N) is 1. The summed E-state index contributed by atoms with van der Waals surface area (Å²) in [6.45, 7) is 5.73. The molecular weight excluding hydrogens is 336 g/mol. The predicted molar refractivity (Wildman–Crippen MR) is 97.8 cm³/mol. The fraction of sp³-hybridized carbons (Fsp3) is 0.500. The first-order valence-corrected chi connectivity index (χ1v) is 9.61. The molecule has 1 N–H and O–H groups in total. The maximum atomic E-state index is 12.5. The van der Waals surface area contributed by atoms with Crippen LogP contribution in [-0.4, -0.2) is 53.6 Å². The van der Waals surface area contributed by atoms with E-state index in [0.29, 0.717) is 25.5 Å². The molecule has 1 atom stereocenters. The summed E-state index contributed by atoms with van der Waals surface area (Å²) < 4.78 is 5.45. The van der Waals surface area contributed by atoms with Crippen molar-refractivity contribution in [1.82, 2.24) is 20.2 Å². The van der Waals surface area contributed by atoms with E-state index in [2.05, 4.69) is 27.1 Å². The Bertz CT molecular complexity index is 671. The molecule has 2 aromatic heterocycles. The van der Waals surface area contributed by atoms with E-state index >= 15 is 0 Å². The van der Waals surface area contributed by atoms with Gasteiger partial charge < -0.3 is 10.1 Å². The van der Waals surface area contributed by atoms with Gasteiger partial charge in [-0.3, -0.25) is 14.7 Å². The van der Waals surface area contributed by atoms with Crippen molar-refractivity contribution in [2.45, 2.75) is 25.8 Å². The maximum absolute atomic E-state index is 12.5. The van der Waals surface area contributed by atoms with Gasteiger partial charge in [-0.15, -0.1) is 11.3 Å². The Hall–Kier alpha value is -1.83. The molecule has 1 aliphatic heterocycles. The van der Waals surface area contributed by atoms with E-state index in [4.69, 9.17) is 4.74 Å². The zero-order chi connectivity index (χ0) is 17.5. The zero-order valence-corrected chi connectivity index (χ0v) is 15.3. The number of ether oxygens (including phenoxy) is 1. The van der Waals surface area contributed by atoms with Crippen LogP contribution in [0.5, 0.6) is 0 Å². The summed E-state index contributed by atoms with van der Waals surface area (Å²) in [5.41, 5.74) is 1.48. The van der Waals surface area contributed by atoms with Gasteiger partial charge in [0.25, 0.3) is 5.91 Å². The van der Waals surface area contributed by atoms with Crippen LogP contribution in [0.4, 0.5) is 0 Å². The fourth-order valence-electron chi connectivity index (χ4n) is 2.91. The molecule has 1 aliphatic rings. The van der Waals surface area contributed by atoms with Crippen LogP contribution in [0.15, 0.2) is 29.8 Å². The lowest BCUT2D eigenvalue weighted by Gasteiger charge is -2.34. The number of nitrogens with zero attached hydrogens (tertiary/aromatic N) is 3. The summed E-state index contributed by atoms with van der Waals surface area (Å²) in [6, 6.07) is 5.94. The summed E-state index contributed by atoms with van der Waals surface area (Å²) >= 11 is 1.55. The van der Waals surface area contributed by atoms with Gasteiger partial charge >= 0.3 is 0 Å². The van der Waals surface area contributed by atoms with Gasteiger partial charge in [0.1, 0.15) is 5.69 Å². The lowest BCUT2D eigenvalue weighted by atomic mass is 10.1. The molecule has 134 valence electrons. The molecule has 0 aliphatic carbocycles. The summed E-state index contributed by atoms with van der Waals surface area (Å²) in [7, 11) is 0. The minimum Gasteiger partial charge on any atom is -0.379 e. The number of morpholine rings is 1. The van der Waals surface area contributed by atoms with Crippen molar-refractivity contribution >= 4 is 17.2 Å². The fourth-order valence-corrected chi connectivity index (χ4v) is 3.79. The first-order chi connectivity index (χ1) is 12.3. The van der Waals surface area contributed by atoms with Gasteiger partial charge in [0, 0.05) is 31.2 Å². The predicted octanol–water partition coefficient (Wildman–Crippen LogP) is 2.29. The number of carbonyl (C=O) groups excluding carboxylic acids is 1. The van der Waals surface area contributed by atoms with Crippen molar-refractivity contribution in [3.05, 3.63) is 46.2 Å². The van der Waals surface area contributed by atoms with Crippen LogP contribution in [0.25, 0.3) is 0 Å². The maximum Gasteiger partial charge on any atom is 0.270 e. The highest BCUT2D eigenvalue weighted by Gasteiger charge is 2.24. The molecule has 0 saturated carbocycles. The van der Waals surface area contributed by atoms with E-state index in [0.717, 1.165) is 36.6 Å². The molecule has 7 heteroatoms. The van der Waals surface area contributed by atoms with Crippen molar-refractivity contribution in [3.63, 3.8) is 0 Å². The third kappa shape index (κ3) is 4.84. The molecule has 3 heterocycles. The summed E-state index contributed by atoms with van der Waals surface area (Å²) in [6.07, 6.45) is 3.75. The highest BCUT2D eigenvalue weighted by Crippen LogP contribution is 2.19. The van der Waals surface area contributed by atoms with Crippen molar-refractivity contribution in [3.8, 4) is 0 Å². The Kier molecular flexibility index (Phi) is 6.49. The second-order valence-corrected chi connectivity index (χ2v) is 6.95. The highest BCUT2D eigenvalue weighted by molar-refractivity contribution is 7.09. The van der Waals surface area contributed by atoms with Crippen LogP contribution < -0.4 is 5.32 Å². The number of hydrogen-bond donors (Lipinski definition) is 1. The quantitative estimate of drug-likeness (QED) is 0.821. The minimum atomic E-state index is -0.118. The zero-order valence-electron chi connectivity index (χ0n) is 14.5. The van der Waals surface area contributed by atoms with E-state index in [-0.39, 0.29) is 11.9 Å². The molecule has 0 radical (unpaired) electrons. The van der Waals surface area contributed by atoms with E-state index in [9.17, 15) is 4.79 Å². The number of hydrogen-bond acceptors (Lipinski definition) is 6. The average Bonchev–Trinajstić information content (AvgIpc) is 3.13. The minimum absolute atomic E-state index is 0.0443. The Morgan fingerprint density at radius 2 is 2.24 bits per heavy atom. The number of thiazole rings is 1. The topological polar surface area (TPSA) is 67.4 Å². The SMILES string of the molecule is CCCc1nc(C(=O)NC[C@@H](c2ccccn2)N2CCOCC2)cs1. The molecule has 0 aromatic carbocycles. The van der Waals surface area contributed by atoms with Crippen LogP contribution in [0, 0.1) is 0 Å². The Morgan fingerprint density at radius 1 is 1.40 bits per heavy atom. The van der Waals surface area contributed by atoms with Gasteiger partial charge in [-0.2, -0.15) is 0 Å². The molecule has 3 rings (SSSR count). The van der Waals surface area contributed by atoms with Gasteiger partial charge in [0.2, 0.25) is 0 Å². The smallest absolute Gasteiger partial charge is 0.270 e. The van der Waals surface area contributed by atoms with Crippen LogP contribution in [0.1, 0.15) is 40.6 Å². The number of amides is 1. The Balaban J connectivity index is 1.66. The normalized spacial score (nSPS) is 16.5. The monoisotopic (exact) mass is 360 g/mol. The molecule has 6 nitrogen and oxygen atoms in total. The third-order valence-electron chi connectivity index (χ3n) is 4.22. The van der Waals surface area contributed by atoms with E-state index in [1.807, 2.05) is 23.6 Å². The number of aromatic nitrogens is 2. The average molecular weight is 360 g/mol. The first-order valence-electron chi connectivity index (χ1n) is 8.73. The molecule has 0 bridgehead atoms. The number of aryl methyl sites for hydroxylation is 1. The van der Waals surface area contributed by atoms with Gasteiger partial charge in [-0.05, 0) is 25.0 Å². The molecule has 0 unspecified atom stereocenters. The van der Waals surface area contributed by atoms with E-state index < -0.39 is 0 Å². The van der Waals surface area contributed by atoms with Crippen LogP contribution >= 0.6 is 11.3 Å². The van der Waals surface area contributed by atoms with E-state index in [1.54, 1.807) is 17.5 Å². The highest BCUT2D eigenvalue weighted by atomic mass is 32.1. The summed E-state index contributed by atoms with van der Waals surface area (Å²) in [5.74, 6) is -0.118. The molecular formula is C18H24N4O2S. The van der Waals surface area contributed by atoms with Gasteiger partial charge in [-0.25, -0.2) is 4.98 Å².